The van der Waals surface area contributed by atoms with Gasteiger partial charge in [0.1, 0.15) is 23.1 Å². The van der Waals surface area contributed by atoms with Crippen LogP contribution >= 0.6 is 33.2 Å². The summed E-state index contributed by atoms with van der Waals surface area (Å²) >= 11 is 6.42. The van der Waals surface area contributed by atoms with E-state index >= 15 is 0 Å². The Hall–Kier alpha value is -1.83. The van der Waals surface area contributed by atoms with Gasteiger partial charge in [0.25, 0.3) is 11.6 Å². The van der Waals surface area contributed by atoms with Gasteiger partial charge in [-0.1, -0.05) is 33.7 Å². The summed E-state index contributed by atoms with van der Waals surface area (Å²) in [5.41, 5.74) is -2.88. The van der Waals surface area contributed by atoms with E-state index in [1.165, 1.54) is 49.1 Å². The molecule has 7 rings (SSSR count). The van der Waals surface area contributed by atoms with Gasteiger partial charge in [-0.25, -0.2) is 0 Å². The van der Waals surface area contributed by atoms with Gasteiger partial charge < -0.3 is 24.4 Å². The van der Waals surface area contributed by atoms with Crippen LogP contribution in [0, 0.1) is 0 Å². The lowest BCUT2D eigenvalue weighted by molar-refractivity contribution is -0.326. The third kappa shape index (κ3) is 2.41. The number of benzene rings is 1. The normalized spacial score (nSPS) is 41.8. The minimum absolute atomic E-state index is 0.228. The van der Waals surface area contributed by atoms with E-state index in [1.807, 2.05) is 0 Å². The van der Waals surface area contributed by atoms with Crippen molar-refractivity contribution in [3.63, 3.8) is 0 Å². The number of alkyl halides is 1. The number of hydroxylamine groups is 2. The molecule has 34 heavy (non-hydrogen) atoms. The van der Waals surface area contributed by atoms with Gasteiger partial charge in [-0.05, 0) is 12.1 Å². The van der Waals surface area contributed by atoms with Gasteiger partial charge in [0.05, 0.1) is 19.6 Å². The third-order valence-electron chi connectivity index (χ3n) is 7.16. The standard InChI is InChI=1S/C21H21ClN2O8S2/c1-23-17(26)20-8-19(28)12(22)7-5-10(25)15(19)32-24(20)18(27)21(23)16(33-34-20)9-4-6-11(29-2)14(30-3)13(9)31-21/h4-7,10,12,15-16,25,28H,8H2,1-3H3/t10-,12-,15+,16-,19+,20-,21+/m1/s1. The number of hydrogen-bond acceptors (Lipinski definition) is 10. The van der Waals surface area contributed by atoms with Gasteiger partial charge in [-0.2, -0.15) is 5.06 Å². The topological polar surface area (TPSA) is 118 Å². The maximum atomic E-state index is 14.2. The Morgan fingerprint density at radius 2 is 1.97 bits per heavy atom. The first-order valence-electron chi connectivity index (χ1n) is 10.5. The zero-order valence-electron chi connectivity index (χ0n) is 18.3. The molecule has 0 saturated carbocycles. The molecular weight excluding hydrogens is 508 g/mol. The van der Waals surface area contributed by atoms with Crippen molar-refractivity contribution >= 4 is 45.0 Å². The number of carbonyl (C=O) groups is 2. The predicted molar refractivity (Wildman–Crippen MR) is 122 cm³/mol. The number of aliphatic hydroxyl groups is 2. The molecule has 2 spiro atoms. The molecule has 2 amide bonds. The van der Waals surface area contributed by atoms with Gasteiger partial charge >= 0.3 is 5.91 Å². The number of carbonyl (C=O) groups excluding carboxylic acids is 2. The van der Waals surface area contributed by atoms with E-state index in [2.05, 4.69) is 0 Å². The van der Waals surface area contributed by atoms with Gasteiger partial charge in [-0.15, -0.1) is 11.6 Å². The summed E-state index contributed by atoms with van der Waals surface area (Å²) < 4.78 is 17.2. The maximum absolute atomic E-state index is 14.2. The Bertz CT molecular complexity index is 1150. The number of aliphatic hydroxyl groups excluding tert-OH is 1. The summed E-state index contributed by atoms with van der Waals surface area (Å²) in [5.74, 6) is -0.0691. The summed E-state index contributed by atoms with van der Waals surface area (Å²) in [5, 5.41) is 21.4. The lowest BCUT2D eigenvalue weighted by atomic mass is 9.77. The van der Waals surface area contributed by atoms with Crippen LogP contribution in [-0.4, -0.2) is 87.0 Å². The van der Waals surface area contributed by atoms with Crippen molar-refractivity contribution in [2.45, 2.75) is 45.5 Å². The van der Waals surface area contributed by atoms with Gasteiger partial charge in [0, 0.05) is 19.0 Å². The monoisotopic (exact) mass is 528 g/mol. The van der Waals surface area contributed by atoms with E-state index in [4.69, 9.17) is 30.6 Å². The first-order chi connectivity index (χ1) is 16.2. The molecule has 2 N–H and O–H groups in total. The third-order valence-corrected chi connectivity index (χ3v) is 11.0. The van der Waals surface area contributed by atoms with Crippen molar-refractivity contribution in [1.29, 1.82) is 0 Å². The van der Waals surface area contributed by atoms with Gasteiger partial charge in [-0.3, -0.25) is 19.3 Å². The predicted octanol–water partition coefficient (Wildman–Crippen LogP) is 1.20. The van der Waals surface area contributed by atoms with E-state index in [0.717, 1.165) is 15.9 Å². The van der Waals surface area contributed by atoms with E-state index in [1.54, 1.807) is 12.1 Å². The van der Waals surface area contributed by atoms with Crippen LogP contribution < -0.4 is 14.2 Å². The van der Waals surface area contributed by atoms with E-state index in [-0.39, 0.29) is 6.42 Å². The summed E-state index contributed by atoms with van der Waals surface area (Å²) in [4.78, 5) is 33.7. The summed E-state index contributed by atoms with van der Waals surface area (Å²) in [7, 11) is 6.86. The van der Waals surface area contributed by atoms with Crippen molar-refractivity contribution in [3.8, 4) is 17.2 Å². The largest absolute Gasteiger partial charge is 0.493 e. The van der Waals surface area contributed by atoms with Crippen molar-refractivity contribution in [1.82, 2.24) is 9.96 Å². The molecule has 6 aliphatic rings. The van der Waals surface area contributed by atoms with Crippen molar-refractivity contribution in [2.75, 3.05) is 21.3 Å². The van der Waals surface area contributed by atoms with Crippen molar-refractivity contribution in [2.24, 2.45) is 0 Å². The van der Waals surface area contributed by atoms with E-state index < -0.39 is 50.8 Å². The van der Waals surface area contributed by atoms with Gasteiger partial charge in [0.15, 0.2) is 11.5 Å². The van der Waals surface area contributed by atoms with Crippen LogP contribution in [0.15, 0.2) is 24.3 Å². The average Bonchev–Trinajstić information content (AvgIpc) is 3.08. The highest BCUT2D eigenvalue weighted by molar-refractivity contribution is 8.77. The van der Waals surface area contributed by atoms with Crippen LogP contribution in [0.2, 0.25) is 0 Å². The van der Waals surface area contributed by atoms with Gasteiger partial charge in [0.2, 0.25) is 10.6 Å². The Labute approximate surface area is 207 Å². The lowest BCUT2D eigenvalue weighted by Crippen LogP contribution is -2.81. The molecule has 0 unspecified atom stereocenters. The first kappa shape index (κ1) is 22.6. The summed E-state index contributed by atoms with van der Waals surface area (Å²) in [6.07, 6.45) is 0.184. The molecule has 4 fully saturated rings. The summed E-state index contributed by atoms with van der Waals surface area (Å²) in [6.45, 7) is 0. The molecule has 5 aliphatic heterocycles. The molecule has 4 saturated heterocycles. The molecule has 13 heteroatoms. The van der Waals surface area contributed by atoms with Crippen molar-refractivity contribution < 1.29 is 38.9 Å². The van der Waals surface area contributed by atoms with Crippen LogP contribution in [0.3, 0.4) is 0 Å². The van der Waals surface area contributed by atoms with E-state index in [0.29, 0.717) is 22.8 Å². The number of likely N-dealkylation sites (N-methyl/N-ethyl adjacent to an activating group) is 1. The molecule has 7 atom stereocenters. The fourth-order valence-electron chi connectivity index (χ4n) is 5.40. The average molecular weight is 529 g/mol. The van der Waals surface area contributed by atoms with Crippen LogP contribution in [0.4, 0.5) is 0 Å². The number of ether oxygens (including phenoxy) is 3. The number of fused-ring (bicyclic) bond motifs is 4. The van der Waals surface area contributed by atoms with Crippen molar-refractivity contribution in [3.05, 3.63) is 29.8 Å². The Morgan fingerprint density at radius 1 is 1.21 bits per heavy atom. The second kappa shape index (κ2) is 7.11. The molecule has 2 bridgehead atoms. The zero-order valence-corrected chi connectivity index (χ0v) is 20.6. The Balaban J connectivity index is 1.52. The zero-order chi connectivity index (χ0) is 24.2. The number of hydrogen-bond donors (Lipinski definition) is 2. The number of halogens is 1. The number of piperazine rings is 1. The smallest absolute Gasteiger partial charge is 0.315 e. The molecule has 10 nitrogen and oxygen atoms in total. The fraction of sp³-hybridized carbons (Fsp3) is 0.524. The highest BCUT2D eigenvalue weighted by atomic mass is 35.5. The lowest BCUT2D eigenvalue weighted by Gasteiger charge is -2.58. The first-order valence-corrected chi connectivity index (χ1v) is 13.1. The Kier molecular flexibility index (Phi) is 4.73. The minimum atomic E-state index is -1.78. The molecule has 182 valence electrons. The highest BCUT2D eigenvalue weighted by Gasteiger charge is 2.77. The molecule has 0 aromatic heterocycles. The van der Waals surface area contributed by atoms with Crippen LogP contribution in [-0.2, 0) is 14.4 Å². The second-order valence-corrected chi connectivity index (χ2v) is 11.9. The molecule has 1 aromatic carbocycles. The molecule has 5 heterocycles. The Morgan fingerprint density at radius 3 is 2.68 bits per heavy atom. The molecule has 0 radical (unpaired) electrons. The van der Waals surface area contributed by atoms with E-state index in [9.17, 15) is 19.8 Å². The van der Waals surface area contributed by atoms with Crippen LogP contribution in [0.25, 0.3) is 0 Å². The number of methoxy groups -OCH3 is 2. The second-order valence-electron chi connectivity index (χ2n) is 8.80. The maximum Gasteiger partial charge on any atom is 0.315 e. The highest BCUT2D eigenvalue weighted by Crippen LogP contribution is 2.69. The van der Waals surface area contributed by atoms with Crippen LogP contribution in [0.5, 0.6) is 17.2 Å². The SMILES string of the molecule is COc1ccc2c(c1OC)O[C@]13C(=O)N4O[C@H]5[C@H](O)C=C[C@@H](Cl)[C@@]5(O)C[C@@]4(SS[C@H]21)C(=O)N3C. The minimum Gasteiger partial charge on any atom is -0.493 e. The molecule has 1 aliphatic carbocycles. The fourth-order valence-corrected chi connectivity index (χ4v) is 9.42. The van der Waals surface area contributed by atoms with Crippen LogP contribution in [0.1, 0.15) is 17.2 Å². The number of amides is 2. The molecule has 1 aromatic rings. The number of nitrogens with zero attached hydrogens (tertiary/aromatic N) is 2. The number of rotatable bonds is 2. The summed E-state index contributed by atoms with van der Waals surface area (Å²) in [6, 6.07) is 3.50. The molecular formula is C21H21ClN2O8S2. The quantitative estimate of drug-likeness (QED) is 0.329.